The number of urea groups is 1. The summed E-state index contributed by atoms with van der Waals surface area (Å²) in [4.78, 5) is 17.2. The Bertz CT molecular complexity index is 887. The summed E-state index contributed by atoms with van der Waals surface area (Å²) < 4.78 is 14.0. The molecule has 2 amide bonds. The molecule has 0 fully saturated rings. The van der Waals surface area contributed by atoms with Gasteiger partial charge in [-0.25, -0.2) is 9.18 Å². The summed E-state index contributed by atoms with van der Waals surface area (Å²) in [5.74, 6) is -0.344. The van der Waals surface area contributed by atoms with Crippen LogP contribution in [0.15, 0.2) is 48.7 Å². The second-order valence-electron chi connectivity index (χ2n) is 5.74. The summed E-state index contributed by atoms with van der Waals surface area (Å²) in [6, 6.07) is 12.7. The van der Waals surface area contributed by atoms with Gasteiger partial charge in [-0.3, -0.25) is 0 Å². The van der Waals surface area contributed by atoms with E-state index < -0.39 is 0 Å². The number of amides is 2. The monoisotopic (exact) mass is 309 g/mol. The SMILES string of the molecule is O=C(Nc1c[nH]c2cccc(F)c12)N1CCc2ccccc2C1. The normalized spacial score (nSPS) is 13.9. The molecule has 1 aliphatic heterocycles. The number of hydrogen-bond acceptors (Lipinski definition) is 1. The molecule has 4 rings (SSSR count). The van der Waals surface area contributed by atoms with Crippen LogP contribution in [0.2, 0.25) is 0 Å². The number of halogens is 1. The lowest BCUT2D eigenvalue weighted by atomic mass is 10.0. The summed E-state index contributed by atoms with van der Waals surface area (Å²) >= 11 is 0. The van der Waals surface area contributed by atoms with Crippen LogP contribution in [0.1, 0.15) is 11.1 Å². The summed E-state index contributed by atoms with van der Waals surface area (Å²) in [7, 11) is 0. The van der Waals surface area contributed by atoms with Crippen molar-refractivity contribution in [3.05, 3.63) is 65.6 Å². The van der Waals surface area contributed by atoms with Crippen LogP contribution < -0.4 is 5.32 Å². The first-order valence-corrected chi connectivity index (χ1v) is 7.60. The smallest absolute Gasteiger partial charge is 0.322 e. The minimum atomic E-state index is -0.344. The number of fused-ring (bicyclic) bond motifs is 2. The van der Waals surface area contributed by atoms with Crippen LogP contribution >= 0.6 is 0 Å². The molecule has 23 heavy (non-hydrogen) atoms. The third-order valence-electron chi connectivity index (χ3n) is 4.31. The average molecular weight is 309 g/mol. The van der Waals surface area contributed by atoms with Crippen LogP contribution in [0.4, 0.5) is 14.9 Å². The molecule has 5 heteroatoms. The lowest BCUT2D eigenvalue weighted by Crippen LogP contribution is -2.38. The third kappa shape index (κ3) is 2.44. The van der Waals surface area contributed by atoms with E-state index in [-0.39, 0.29) is 11.8 Å². The number of H-pyrrole nitrogens is 1. The van der Waals surface area contributed by atoms with Crippen molar-refractivity contribution in [2.75, 3.05) is 11.9 Å². The van der Waals surface area contributed by atoms with E-state index in [9.17, 15) is 9.18 Å². The summed E-state index contributed by atoms with van der Waals surface area (Å²) in [5.41, 5.74) is 3.60. The molecule has 0 aliphatic carbocycles. The van der Waals surface area contributed by atoms with Crippen molar-refractivity contribution in [3.8, 4) is 0 Å². The van der Waals surface area contributed by atoms with Gasteiger partial charge in [0.1, 0.15) is 5.82 Å². The van der Waals surface area contributed by atoms with Crippen LogP contribution in [-0.2, 0) is 13.0 Å². The van der Waals surface area contributed by atoms with E-state index in [1.54, 1.807) is 23.2 Å². The van der Waals surface area contributed by atoms with Gasteiger partial charge in [0.05, 0.1) is 16.6 Å². The van der Waals surface area contributed by atoms with Crippen LogP contribution in [-0.4, -0.2) is 22.5 Å². The molecule has 116 valence electrons. The Balaban J connectivity index is 1.56. The number of carbonyl (C=O) groups is 1. The molecule has 0 atom stereocenters. The maximum atomic E-state index is 14.0. The van der Waals surface area contributed by atoms with Crippen molar-refractivity contribution >= 4 is 22.6 Å². The Hall–Kier alpha value is -2.82. The minimum absolute atomic E-state index is 0.205. The van der Waals surface area contributed by atoms with Crippen LogP contribution in [0.5, 0.6) is 0 Å². The first-order valence-electron chi connectivity index (χ1n) is 7.60. The molecule has 0 unspecified atom stereocenters. The molecule has 3 aromatic rings. The van der Waals surface area contributed by atoms with Gasteiger partial charge >= 0.3 is 6.03 Å². The van der Waals surface area contributed by atoms with Crippen molar-refractivity contribution in [1.82, 2.24) is 9.88 Å². The fourth-order valence-corrected chi connectivity index (χ4v) is 3.10. The molecular weight excluding hydrogens is 293 g/mol. The maximum absolute atomic E-state index is 14.0. The van der Waals surface area contributed by atoms with Gasteiger partial charge < -0.3 is 15.2 Å². The van der Waals surface area contributed by atoms with E-state index in [2.05, 4.69) is 16.4 Å². The predicted octanol–water partition coefficient (Wildman–Crippen LogP) is 3.90. The molecule has 1 aliphatic rings. The fourth-order valence-electron chi connectivity index (χ4n) is 3.10. The zero-order valence-electron chi connectivity index (χ0n) is 12.5. The molecule has 2 aromatic carbocycles. The molecule has 0 bridgehead atoms. The molecule has 0 spiro atoms. The quantitative estimate of drug-likeness (QED) is 0.704. The van der Waals surface area contributed by atoms with Gasteiger partial charge in [0.2, 0.25) is 0 Å². The number of anilines is 1. The number of carbonyl (C=O) groups excluding carboxylic acids is 1. The van der Waals surface area contributed by atoms with Gasteiger partial charge in [-0.05, 0) is 29.7 Å². The van der Waals surface area contributed by atoms with E-state index in [0.29, 0.717) is 29.7 Å². The molecule has 0 saturated carbocycles. The van der Waals surface area contributed by atoms with Crippen molar-refractivity contribution in [2.24, 2.45) is 0 Å². The third-order valence-corrected chi connectivity index (χ3v) is 4.31. The number of aromatic nitrogens is 1. The van der Waals surface area contributed by atoms with E-state index in [4.69, 9.17) is 0 Å². The second-order valence-corrected chi connectivity index (χ2v) is 5.74. The van der Waals surface area contributed by atoms with Crippen LogP contribution in [0.25, 0.3) is 10.9 Å². The van der Waals surface area contributed by atoms with Crippen molar-refractivity contribution in [3.63, 3.8) is 0 Å². The van der Waals surface area contributed by atoms with Crippen LogP contribution in [0, 0.1) is 5.82 Å². The zero-order valence-corrected chi connectivity index (χ0v) is 12.5. The highest BCUT2D eigenvalue weighted by atomic mass is 19.1. The molecule has 4 nitrogen and oxygen atoms in total. The summed E-state index contributed by atoms with van der Waals surface area (Å²) in [6.07, 6.45) is 2.47. The number of nitrogens with one attached hydrogen (secondary N) is 2. The largest absolute Gasteiger partial charge is 0.359 e. The average Bonchev–Trinajstić information content (AvgIpc) is 2.98. The van der Waals surface area contributed by atoms with Gasteiger partial charge in [-0.15, -0.1) is 0 Å². The molecule has 0 saturated heterocycles. The molecule has 2 N–H and O–H groups in total. The number of aromatic amines is 1. The van der Waals surface area contributed by atoms with Gasteiger partial charge in [-0.2, -0.15) is 0 Å². The van der Waals surface area contributed by atoms with Gasteiger partial charge in [0.25, 0.3) is 0 Å². The molecule has 2 heterocycles. The number of rotatable bonds is 1. The Morgan fingerprint density at radius 3 is 2.83 bits per heavy atom. The standard InChI is InChI=1S/C18H16FN3O/c19-14-6-3-7-15-17(14)16(10-20-15)21-18(23)22-9-8-12-4-1-2-5-13(12)11-22/h1-7,10,20H,8-9,11H2,(H,21,23). The van der Waals surface area contributed by atoms with Crippen LogP contribution in [0.3, 0.4) is 0 Å². The minimum Gasteiger partial charge on any atom is -0.359 e. The highest BCUT2D eigenvalue weighted by Gasteiger charge is 2.21. The molecule has 1 aromatic heterocycles. The van der Waals surface area contributed by atoms with Gasteiger partial charge in [0, 0.05) is 19.3 Å². The molecular formula is C18H16FN3O. The van der Waals surface area contributed by atoms with Crippen molar-refractivity contribution < 1.29 is 9.18 Å². The summed E-state index contributed by atoms with van der Waals surface area (Å²) in [6.45, 7) is 1.24. The lowest BCUT2D eigenvalue weighted by molar-refractivity contribution is 0.206. The van der Waals surface area contributed by atoms with Gasteiger partial charge in [-0.1, -0.05) is 30.3 Å². The Labute approximate surface area is 132 Å². The van der Waals surface area contributed by atoms with Crippen molar-refractivity contribution in [1.29, 1.82) is 0 Å². The van der Waals surface area contributed by atoms with E-state index in [1.165, 1.54) is 17.2 Å². The Morgan fingerprint density at radius 1 is 1.13 bits per heavy atom. The predicted molar refractivity (Wildman–Crippen MR) is 87.8 cm³/mol. The fraction of sp³-hybridized carbons (Fsp3) is 0.167. The van der Waals surface area contributed by atoms with Gasteiger partial charge in [0.15, 0.2) is 0 Å². The topological polar surface area (TPSA) is 48.1 Å². The Morgan fingerprint density at radius 2 is 1.96 bits per heavy atom. The van der Waals surface area contributed by atoms with Crippen molar-refractivity contribution in [2.45, 2.75) is 13.0 Å². The maximum Gasteiger partial charge on any atom is 0.322 e. The molecule has 0 radical (unpaired) electrons. The zero-order chi connectivity index (χ0) is 15.8. The number of nitrogens with zero attached hydrogens (tertiary/aromatic N) is 1. The first kappa shape index (κ1) is 13.8. The number of hydrogen-bond donors (Lipinski definition) is 2. The van der Waals surface area contributed by atoms with E-state index in [1.807, 2.05) is 18.2 Å². The summed E-state index contributed by atoms with van der Waals surface area (Å²) in [5, 5.41) is 3.24. The lowest BCUT2D eigenvalue weighted by Gasteiger charge is -2.28. The number of benzene rings is 2. The van der Waals surface area contributed by atoms with E-state index >= 15 is 0 Å². The van der Waals surface area contributed by atoms with E-state index in [0.717, 1.165) is 6.42 Å². The highest BCUT2D eigenvalue weighted by Crippen LogP contribution is 2.26. The second kappa shape index (κ2) is 5.43. The highest BCUT2D eigenvalue weighted by molar-refractivity contribution is 6.01. The first-order chi connectivity index (χ1) is 11.2. The Kier molecular flexibility index (Phi) is 3.26.